The number of hydrogen-bond donors (Lipinski definition) is 0. The van der Waals surface area contributed by atoms with Crippen molar-refractivity contribution in [2.45, 2.75) is 13.5 Å². The van der Waals surface area contributed by atoms with E-state index in [-0.39, 0.29) is 0 Å². The van der Waals surface area contributed by atoms with Crippen LogP contribution in [-0.2, 0) is 6.54 Å². The third-order valence-corrected chi connectivity index (χ3v) is 3.23. The van der Waals surface area contributed by atoms with E-state index < -0.39 is 11.1 Å². The van der Waals surface area contributed by atoms with E-state index in [2.05, 4.69) is 6.58 Å². The Hall–Kier alpha value is -2.07. The molecule has 0 N–H and O–H groups in total. The maximum absolute atomic E-state index is 12.0. The van der Waals surface area contributed by atoms with Crippen molar-refractivity contribution in [2.75, 3.05) is 0 Å². The Morgan fingerprint density at radius 3 is 2.63 bits per heavy atom. The van der Waals surface area contributed by atoms with Crippen molar-refractivity contribution in [1.82, 2.24) is 9.13 Å². The molecule has 19 heavy (non-hydrogen) atoms. The summed E-state index contributed by atoms with van der Waals surface area (Å²) in [5.41, 5.74) is 0.303. The standard InChI is InChI=1S/C14H13ClN2O2/c1-3-6-16-7-8-17(14(19)13(16)18)11-4-5-12(15)10(2)9-11/h3-5,7-9H,1,6H2,2H3. The number of halogens is 1. The molecule has 4 nitrogen and oxygen atoms in total. The van der Waals surface area contributed by atoms with Gasteiger partial charge in [-0.3, -0.25) is 14.2 Å². The second-order valence-corrected chi connectivity index (χ2v) is 4.56. The lowest BCUT2D eigenvalue weighted by molar-refractivity contribution is 0.733. The van der Waals surface area contributed by atoms with Gasteiger partial charge in [-0.05, 0) is 30.7 Å². The minimum atomic E-state index is -0.592. The van der Waals surface area contributed by atoms with Gasteiger partial charge in [-0.1, -0.05) is 17.7 Å². The van der Waals surface area contributed by atoms with Gasteiger partial charge in [-0.2, -0.15) is 0 Å². The molecule has 0 bridgehead atoms. The predicted octanol–water partition coefficient (Wildman–Crippen LogP) is 2.15. The SMILES string of the molecule is C=CCn1ccn(-c2ccc(Cl)c(C)c2)c(=O)c1=O. The molecular formula is C14H13ClN2O2. The molecule has 0 saturated heterocycles. The van der Waals surface area contributed by atoms with Gasteiger partial charge < -0.3 is 4.57 Å². The van der Waals surface area contributed by atoms with Crippen LogP contribution >= 0.6 is 11.6 Å². The maximum Gasteiger partial charge on any atom is 0.320 e. The van der Waals surface area contributed by atoms with Gasteiger partial charge in [0.1, 0.15) is 0 Å². The van der Waals surface area contributed by atoms with Gasteiger partial charge in [-0.15, -0.1) is 6.58 Å². The van der Waals surface area contributed by atoms with Crippen molar-refractivity contribution in [2.24, 2.45) is 0 Å². The van der Waals surface area contributed by atoms with Crippen molar-refractivity contribution in [1.29, 1.82) is 0 Å². The lowest BCUT2D eigenvalue weighted by Crippen LogP contribution is -2.39. The van der Waals surface area contributed by atoms with Crippen LogP contribution < -0.4 is 11.1 Å². The Bertz CT molecular complexity index is 744. The van der Waals surface area contributed by atoms with Crippen LogP contribution in [0.4, 0.5) is 0 Å². The maximum atomic E-state index is 12.0. The Balaban J connectivity index is 2.61. The van der Waals surface area contributed by atoms with Crippen molar-refractivity contribution in [3.8, 4) is 5.69 Å². The van der Waals surface area contributed by atoms with E-state index in [9.17, 15) is 9.59 Å². The lowest BCUT2D eigenvalue weighted by atomic mass is 10.2. The highest BCUT2D eigenvalue weighted by Crippen LogP contribution is 2.17. The summed E-state index contributed by atoms with van der Waals surface area (Å²) in [5, 5.41) is 0.622. The van der Waals surface area contributed by atoms with Crippen molar-refractivity contribution < 1.29 is 0 Å². The van der Waals surface area contributed by atoms with Gasteiger partial charge in [0.2, 0.25) is 0 Å². The minimum absolute atomic E-state index is 0.314. The first-order chi connectivity index (χ1) is 9.04. The molecule has 5 heteroatoms. The average molecular weight is 277 g/mol. The van der Waals surface area contributed by atoms with Gasteiger partial charge in [0, 0.05) is 29.6 Å². The van der Waals surface area contributed by atoms with E-state index in [1.165, 1.54) is 9.13 Å². The minimum Gasteiger partial charge on any atom is -0.306 e. The number of benzene rings is 1. The van der Waals surface area contributed by atoms with E-state index >= 15 is 0 Å². The smallest absolute Gasteiger partial charge is 0.306 e. The summed E-state index contributed by atoms with van der Waals surface area (Å²) in [5.74, 6) is 0. The predicted molar refractivity (Wildman–Crippen MR) is 76.2 cm³/mol. The molecule has 0 atom stereocenters. The molecule has 0 radical (unpaired) electrons. The average Bonchev–Trinajstić information content (AvgIpc) is 2.39. The molecule has 2 rings (SSSR count). The van der Waals surface area contributed by atoms with Crippen LogP contribution in [0.2, 0.25) is 5.02 Å². The molecule has 0 saturated carbocycles. The highest BCUT2D eigenvalue weighted by molar-refractivity contribution is 6.31. The molecule has 0 amide bonds. The number of allylic oxidation sites excluding steroid dienone is 1. The fourth-order valence-electron chi connectivity index (χ4n) is 1.77. The molecule has 2 aromatic rings. The van der Waals surface area contributed by atoms with Crippen molar-refractivity contribution >= 4 is 11.6 Å². The van der Waals surface area contributed by atoms with E-state index in [0.717, 1.165) is 5.56 Å². The quantitative estimate of drug-likeness (QED) is 0.637. The van der Waals surface area contributed by atoms with E-state index in [0.29, 0.717) is 17.3 Å². The zero-order chi connectivity index (χ0) is 14.0. The van der Waals surface area contributed by atoms with Gasteiger partial charge in [0.05, 0.1) is 0 Å². The fourth-order valence-corrected chi connectivity index (χ4v) is 1.89. The van der Waals surface area contributed by atoms with Crippen LogP contribution in [0, 0.1) is 6.92 Å². The first-order valence-corrected chi connectivity index (χ1v) is 6.12. The molecule has 0 fully saturated rings. The van der Waals surface area contributed by atoms with E-state index in [1.807, 2.05) is 6.92 Å². The third-order valence-electron chi connectivity index (χ3n) is 2.80. The summed E-state index contributed by atoms with van der Waals surface area (Å²) in [6, 6.07) is 5.17. The largest absolute Gasteiger partial charge is 0.320 e. The molecule has 1 aromatic heterocycles. The highest BCUT2D eigenvalue weighted by Gasteiger charge is 2.06. The second kappa shape index (κ2) is 5.28. The van der Waals surface area contributed by atoms with Gasteiger partial charge in [0.15, 0.2) is 0 Å². The molecule has 1 heterocycles. The number of nitrogens with zero attached hydrogens (tertiary/aromatic N) is 2. The Morgan fingerprint density at radius 2 is 2.00 bits per heavy atom. The van der Waals surface area contributed by atoms with Gasteiger partial charge >= 0.3 is 11.1 Å². The molecule has 0 spiro atoms. The third kappa shape index (κ3) is 2.53. The van der Waals surface area contributed by atoms with Crippen LogP contribution in [0.15, 0.2) is 52.8 Å². The molecular weight excluding hydrogens is 264 g/mol. The van der Waals surface area contributed by atoms with Crippen LogP contribution in [0.1, 0.15) is 5.56 Å². The second-order valence-electron chi connectivity index (χ2n) is 4.15. The van der Waals surface area contributed by atoms with Crippen LogP contribution in [0.25, 0.3) is 5.69 Å². The Kier molecular flexibility index (Phi) is 3.71. The molecule has 0 unspecified atom stereocenters. The normalized spacial score (nSPS) is 10.4. The Morgan fingerprint density at radius 1 is 1.26 bits per heavy atom. The molecule has 98 valence electrons. The molecule has 0 aliphatic carbocycles. The summed E-state index contributed by atoms with van der Waals surface area (Å²) in [6.07, 6.45) is 4.70. The number of aromatic nitrogens is 2. The topological polar surface area (TPSA) is 44.0 Å². The van der Waals surface area contributed by atoms with Crippen LogP contribution in [0.3, 0.4) is 0 Å². The Labute approximate surface area is 115 Å². The first kappa shape index (κ1) is 13.4. The molecule has 0 aliphatic rings. The zero-order valence-electron chi connectivity index (χ0n) is 10.5. The molecule has 0 aliphatic heterocycles. The van der Waals surface area contributed by atoms with Crippen LogP contribution in [0.5, 0.6) is 0 Å². The first-order valence-electron chi connectivity index (χ1n) is 5.74. The van der Waals surface area contributed by atoms with Crippen molar-refractivity contribution in [3.05, 3.63) is 74.5 Å². The van der Waals surface area contributed by atoms with Crippen LogP contribution in [-0.4, -0.2) is 9.13 Å². The summed E-state index contributed by atoms with van der Waals surface area (Å²) < 4.78 is 2.62. The van der Waals surface area contributed by atoms with E-state index in [4.69, 9.17) is 11.6 Å². The van der Waals surface area contributed by atoms with Gasteiger partial charge in [0.25, 0.3) is 0 Å². The number of hydrogen-bond acceptors (Lipinski definition) is 2. The monoisotopic (exact) mass is 276 g/mol. The van der Waals surface area contributed by atoms with Crippen molar-refractivity contribution in [3.63, 3.8) is 0 Å². The zero-order valence-corrected chi connectivity index (χ0v) is 11.2. The molecule has 1 aromatic carbocycles. The number of aryl methyl sites for hydroxylation is 1. The summed E-state index contributed by atoms with van der Waals surface area (Å²) in [4.78, 5) is 23.9. The van der Waals surface area contributed by atoms with E-state index in [1.54, 1.807) is 36.7 Å². The summed E-state index contributed by atoms with van der Waals surface area (Å²) in [7, 11) is 0. The number of rotatable bonds is 3. The lowest BCUT2D eigenvalue weighted by Gasteiger charge is -2.08. The summed E-state index contributed by atoms with van der Waals surface area (Å²) in [6.45, 7) is 5.70. The summed E-state index contributed by atoms with van der Waals surface area (Å²) >= 11 is 5.94. The highest BCUT2D eigenvalue weighted by atomic mass is 35.5. The van der Waals surface area contributed by atoms with Gasteiger partial charge in [-0.25, -0.2) is 0 Å². The fraction of sp³-hybridized carbons (Fsp3) is 0.143.